The first kappa shape index (κ1) is 16.0. The normalized spacial score (nSPS) is 11.5. The van der Waals surface area contributed by atoms with Crippen LogP contribution in [-0.2, 0) is 9.84 Å². The molecule has 0 saturated carbocycles. The van der Waals surface area contributed by atoms with Crippen LogP contribution in [0.5, 0.6) is 0 Å². The first-order valence-electron chi connectivity index (χ1n) is 6.03. The molecule has 106 valence electrons. The molecule has 0 radical (unpaired) electrons. The molecular weight excluding hydrogens is 284 g/mol. The van der Waals surface area contributed by atoms with Crippen molar-refractivity contribution >= 4 is 27.6 Å². The Morgan fingerprint density at radius 1 is 1.37 bits per heavy atom. The highest BCUT2D eigenvalue weighted by atomic mass is 32.2. The van der Waals surface area contributed by atoms with E-state index in [1.54, 1.807) is 26.0 Å². The molecule has 0 fully saturated rings. The number of thioether (sulfide) groups is 1. The lowest BCUT2D eigenvalue weighted by atomic mass is 10.1. The molecule has 0 saturated heterocycles. The molecule has 1 aromatic rings. The SMILES string of the molecule is CCS(=O)(=O)CCCSc1ccc(C)c(C(=O)O)c1. The number of rotatable bonds is 7. The van der Waals surface area contributed by atoms with Gasteiger partial charge < -0.3 is 5.11 Å². The van der Waals surface area contributed by atoms with Crippen molar-refractivity contribution in [2.24, 2.45) is 0 Å². The zero-order chi connectivity index (χ0) is 14.5. The Morgan fingerprint density at radius 3 is 2.63 bits per heavy atom. The molecule has 0 bridgehead atoms. The van der Waals surface area contributed by atoms with Crippen molar-refractivity contribution in [3.63, 3.8) is 0 Å². The Balaban J connectivity index is 2.55. The highest BCUT2D eigenvalue weighted by Gasteiger charge is 2.09. The molecule has 0 aliphatic rings. The third kappa shape index (κ3) is 5.24. The third-order valence-corrected chi connectivity index (χ3v) is 5.62. The topological polar surface area (TPSA) is 71.4 Å². The van der Waals surface area contributed by atoms with Crippen LogP contribution in [-0.4, -0.2) is 36.8 Å². The lowest BCUT2D eigenvalue weighted by Crippen LogP contribution is -2.09. The highest BCUT2D eigenvalue weighted by Crippen LogP contribution is 2.22. The largest absolute Gasteiger partial charge is 0.478 e. The Hall–Kier alpha value is -1.01. The Labute approximate surface area is 118 Å². The smallest absolute Gasteiger partial charge is 0.335 e. The molecule has 0 amide bonds. The highest BCUT2D eigenvalue weighted by molar-refractivity contribution is 7.99. The summed E-state index contributed by atoms with van der Waals surface area (Å²) in [4.78, 5) is 11.8. The van der Waals surface area contributed by atoms with Crippen LogP contribution in [0.4, 0.5) is 0 Å². The van der Waals surface area contributed by atoms with E-state index in [0.717, 1.165) is 10.5 Å². The summed E-state index contributed by atoms with van der Waals surface area (Å²) < 4.78 is 22.6. The van der Waals surface area contributed by atoms with E-state index < -0.39 is 15.8 Å². The third-order valence-electron chi connectivity index (χ3n) is 2.75. The summed E-state index contributed by atoms with van der Waals surface area (Å²) in [6.07, 6.45) is 0.580. The predicted molar refractivity (Wildman–Crippen MR) is 77.8 cm³/mol. The standard InChI is InChI=1S/C13H18O4S2/c1-3-19(16,17)8-4-7-18-11-6-5-10(2)12(9-11)13(14)15/h5-6,9H,3-4,7-8H2,1-2H3,(H,14,15). The van der Waals surface area contributed by atoms with Gasteiger partial charge in [-0.2, -0.15) is 0 Å². The molecule has 0 unspecified atom stereocenters. The van der Waals surface area contributed by atoms with Crippen molar-refractivity contribution in [2.75, 3.05) is 17.3 Å². The summed E-state index contributed by atoms with van der Waals surface area (Å²) >= 11 is 1.48. The van der Waals surface area contributed by atoms with Crippen LogP contribution in [0.2, 0.25) is 0 Å². The molecule has 0 aliphatic carbocycles. The van der Waals surface area contributed by atoms with Crippen LogP contribution in [0.15, 0.2) is 23.1 Å². The number of aryl methyl sites for hydroxylation is 1. The Kier molecular flexibility index (Phi) is 5.87. The van der Waals surface area contributed by atoms with Crippen LogP contribution in [0.25, 0.3) is 0 Å². The second-order valence-electron chi connectivity index (χ2n) is 4.22. The van der Waals surface area contributed by atoms with E-state index in [-0.39, 0.29) is 11.5 Å². The van der Waals surface area contributed by atoms with Gasteiger partial charge in [0.05, 0.1) is 11.3 Å². The fourth-order valence-electron chi connectivity index (χ4n) is 1.53. The number of carboxylic acid groups (broad SMARTS) is 1. The molecule has 0 heterocycles. The minimum atomic E-state index is -2.91. The molecule has 0 atom stereocenters. The van der Waals surface area contributed by atoms with Gasteiger partial charge in [0.2, 0.25) is 0 Å². The van der Waals surface area contributed by atoms with Gasteiger partial charge in [-0.15, -0.1) is 11.8 Å². The van der Waals surface area contributed by atoms with Crippen molar-refractivity contribution in [2.45, 2.75) is 25.2 Å². The van der Waals surface area contributed by atoms with Crippen molar-refractivity contribution in [1.82, 2.24) is 0 Å². The quantitative estimate of drug-likeness (QED) is 0.619. The minimum Gasteiger partial charge on any atom is -0.478 e. The summed E-state index contributed by atoms with van der Waals surface area (Å²) in [5.74, 6) is 0.0921. The summed E-state index contributed by atoms with van der Waals surface area (Å²) in [5, 5.41) is 9.01. The van der Waals surface area contributed by atoms with Crippen molar-refractivity contribution in [3.8, 4) is 0 Å². The fraction of sp³-hybridized carbons (Fsp3) is 0.462. The van der Waals surface area contributed by atoms with Gasteiger partial charge in [0.1, 0.15) is 9.84 Å². The van der Waals surface area contributed by atoms with Gasteiger partial charge in [-0.05, 0) is 36.8 Å². The molecule has 0 aromatic heterocycles. The molecule has 1 rings (SSSR count). The van der Waals surface area contributed by atoms with E-state index in [9.17, 15) is 13.2 Å². The number of hydrogen-bond donors (Lipinski definition) is 1. The first-order valence-corrected chi connectivity index (χ1v) is 8.83. The van der Waals surface area contributed by atoms with Crippen LogP contribution in [0, 0.1) is 6.92 Å². The lowest BCUT2D eigenvalue weighted by molar-refractivity contribution is 0.0696. The van der Waals surface area contributed by atoms with Crippen LogP contribution in [0.1, 0.15) is 29.3 Å². The van der Waals surface area contributed by atoms with Gasteiger partial charge in [-0.25, -0.2) is 13.2 Å². The first-order chi connectivity index (χ1) is 8.85. The van der Waals surface area contributed by atoms with Gasteiger partial charge in [0.25, 0.3) is 0 Å². The molecule has 1 aromatic carbocycles. The number of aromatic carboxylic acids is 1. The van der Waals surface area contributed by atoms with E-state index in [0.29, 0.717) is 17.7 Å². The molecule has 4 nitrogen and oxygen atoms in total. The molecule has 6 heteroatoms. The summed E-state index contributed by atoms with van der Waals surface area (Å²) in [6.45, 7) is 3.40. The molecule has 0 aliphatic heterocycles. The fourth-order valence-corrected chi connectivity index (χ4v) is 3.48. The van der Waals surface area contributed by atoms with E-state index in [2.05, 4.69) is 0 Å². The summed E-state index contributed by atoms with van der Waals surface area (Å²) in [6, 6.07) is 5.27. The number of carbonyl (C=O) groups is 1. The van der Waals surface area contributed by atoms with Crippen molar-refractivity contribution in [3.05, 3.63) is 29.3 Å². The molecule has 19 heavy (non-hydrogen) atoms. The number of sulfone groups is 1. The van der Waals surface area contributed by atoms with Gasteiger partial charge in [0.15, 0.2) is 0 Å². The van der Waals surface area contributed by atoms with Crippen molar-refractivity contribution in [1.29, 1.82) is 0 Å². The maximum Gasteiger partial charge on any atom is 0.335 e. The van der Waals surface area contributed by atoms with Crippen LogP contribution in [0.3, 0.4) is 0 Å². The van der Waals surface area contributed by atoms with Gasteiger partial charge >= 0.3 is 5.97 Å². The molecular formula is C13H18O4S2. The lowest BCUT2D eigenvalue weighted by Gasteiger charge is -2.05. The van der Waals surface area contributed by atoms with Crippen LogP contribution < -0.4 is 0 Å². The molecule has 0 spiro atoms. The van der Waals surface area contributed by atoms with Gasteiger partial charge in [-0.3, -0.25) is 0 Å². The second kappa shape index (κ2) is 6.96. The summed E-state index contributed by atoms with van der Waals surface area (Å²) in [5.41, 5.74) is 1.02. The average molecular weight is 302 g/mol. The van der Waals surface area contributed by atoms with Crippen LogP contribution >= 0.6 is 11.8 Å². The van der Waals surface area contributed by atoms with E-state index >= 15 is 0 Å². The second-order valence-corrected chi connectivity index (χ2v) is 7.86. The predicted octanol–water partition coefficient (Wildman–Crippen LogP) is 2.61. The monoisotopic (exact) mass is 302 g/mol. The number of benzene rings is 1. The average Bonchev–Trinajstić information content (AvgIpc) is 2.36. The Bertz CT molecular complexity index is 550. The Morgan fingerprint density at radius 2 is 2.05 bits per heavy atom. The maximum atomic E-state index is 11.3. The molecule has 1 N–H and O–H groups in total. The summed E-state index contributed by atoms with van der Waals surface area (Å²) in [7, 11) is -2.91. The number of hydrogen-bond acceptors (Lipinski definition) is 4. The van der Waals surface area contributed by atoms with E-state index in [4.69, 9.17) is 5.11 Å². The minimum absolute atomic E-state index is 0.172. The van der Waals surface area contributed by atoms with Gasteiger partial charge in [-0.1, -0.05) is 13.0 Å². The maximum absolute atomic E-state index is 11.3. The zero-order valence-electron chi connectivity index (χ0n) is 11.0. The van der Waals surface area contributed by atoms with Gasteiger partial charge in [0, 0.05) is 10.6 Å². The zero-order valence-corrected chi connectivity index (χ0v) is 12.7. The number of carboxylic acids is 1. The van der Waals surface area contributed by atoms with E-state index in [1.807, 2.05) is 6.07 Å². The van der Waals surface area contributed by atoms with Crippen molar-refractivity contribution < 1.29 is 18.3 Å². The van der Waals surface area contributed by atoms with E-state index in [1.165, 1.54) is 11.8 Å².